The molecule has 2 aromatic carbocycles. The van der Waals surface area contributed by atoms with Gasteiger partial charge in [0.05, 0.1) is 21.4 Å². The number of rotatable bonds is 6. The van der Waals surface area contributed by atoms with Crippen molar-refractivity contribution in [3.63, 3.8) is 0 Å². The molecule has 0 aliphatic heterocycles. The highest BCUT2D eigenvalue weighted by Crippen LogP contribution is 2.32. The monoisotopic (exact) mass is 477 g/mol. The summed E-state index contributed by atoms with van der Waals surface area (Å²) in [6.07, 6.45) is 1.51. The number of benzene rings is 2. The Hall–Kier alpha value is -2.61. The average Bonchev–Trinajstić information content (AvgIpc) is 2.72. The fourth-order valence-corrected chi connectivity index (χ4v) is 3.99. The van der Waals surface area contributed by atoms with E-state index in [1.165, 1.54) is 6.20 Å². The first-order valence-corrected chi connectivity index (χ1v) is 11.9. The number of aromatic nitrogens is 1. The number of nitrogens with one attached hydrogen (secondary N) is 2. The molecular weight excluding hydrogens is 457 g/mol. The van der Waals surface area contributed by atoms with Gasteiger partial charge in [0.1, 0.15) is 5.82 Å². The first-order valence-electron chi connectivity index (χ1n) is 9.45. The van der Waals surface area contributed by atoms with E-state index < -0.39 is 10.0 Å². The minimum absolute atomic E-state index is 0.0698. The van der Waals surface area contributed by atoms with Crippen molar-refractivity contribution in [2.75, 3.05) is 15.8 Å². The minimum Gasteiger partial charge on any atom is -0.322 e. The van der Waals surface area contributed by atoms with E-state index in [1.807, 2.05) is 26.0 Å². The number of amides is 1. The van der Waals surface area contributed by atoms with Crippen LogP contribution in [0.5, 0.6) is 0 Å². The molecule has 1 aromatic heterocycles. The van der Waals surface area contributed by atoms with Crippen LogP contribution in [0.1, 0.15) is 28.4 Å². The number of carbonyl (C=O) groups excluding carboxylic acids is 1. The van der Waals surface area contributed by atoms with Gasteiger partial charge in [-0.3, -0.25) is 9.52 Å². The van der Waals surface area contributed by atoms with Gasteiger partial charge in [0.25, 0.3) is 5.91 Å². The highest BCUT2D eigenvalue weighted by atomic mass is 35.5. The molecule has 3 aromatic rings. The molecule has 162 valence electrons. The molecule has 31 heavy (non-hydrogen) atoms. The van der Waals surface area contributed by atoms with Gasteiger partial charge in [0.2, 0.25) is 10.0 Å². The lowest BCUT2D eigenvalue weighted by molar-refractivity contribution is 0.102. The van der Waals surface area contributed by atoms with Gasteiger partial charge < -0.3 is 5.32 Å². The molecule has 1 heterocycles. The number of pyridine rings is 1. The minimum atomic E-state index is -3.48. The lowest BCUT2D eigenvalue weighted by Gasteiger charge is -2.17. The number of halogens is 2. The molecule has 0 unspecified atom stereocenters. The fraction of sp³-hybridized carbons (Fsp3) is 0.182. The van der Waals surface area contributed by atoms with Gasteiger partial charge in [-0.25, -0.2) is 13.4 Å². The number of anilines is 2. The third-order valence-corrected chi connectivity index (χ3v) is 6.73. The van der Waals surface area contributed by atoms with Crippen molar-refractivity contribution in [1.82, 2.24) is 4.98 Å². The van der Waals surface area contributed by atoms with Crippen molar-refractivity contribution in [3.05, 3.63) is 75.4 Å². The van der Waals surface area contributed by atoms with Crippen molar-refractivity contribution in [1.29, 1.82) is 0 Å². The Kier molecular flexibility index (Phi) is 6.89. The van der Waals surface area contributed by atoms with Crippen molar-refractivity contribution in [3.8, 4) is 11.1 Å². The summed E-state index contributed by atoms with van der Waals surface area (Å²) >= 11 is 12.0. The number of carbonyl (C=O) groups is 1. The Morgan fingerprint density at radius 3 is 2.39 bits per heavy atom. The third-order valence-electron chi connectivity index (χ3n) is 4.72. The maximum absolute atomic E-state index is 13.2. The van der Waals surface area contributed by atoms with Crippen LogP contribution in [0, 0.1) is 13.8 Å². The molecule has 0 spiro atoms. The van der Waals surface area contributed by atoms with E-state index in [0.717, 1.165) is 11.1 Å². The fourth-order valence-electron chi connectivity index (χ4n) is 3.12. The van der Waals surface area contributed by atoms with Crippen LogP contribution < -0.4 is 10.0 Å². The van der Waals surface area contributed by atoms with Gasteiger partial charge in [0.15, 0.2) is 0 Å². The summed E-state index contributed by atoms with van der Waals surface area (Å²) in [5.41, 5.74) is 3.98. The van der Waals surface area contributed by atoms with Gasteiger partial charge in [-0.15, -0.1) is 0 Å². The summed E-state index contributed by atoms with van der Waals surface area (Å²) in [6.45, 7) is 5.28. The normalized spacial score (nSPS) is 11.3. The molecule has 0 atom stereocenters. The molecule has 0 aliphatic rings. The number of aryl methyl sites for hydroxylation is 2. The Morgan fingerprint density at radius 1 is 1.00 bits per heavy atom. The van der Waals surface area contributed by atoms with Crippen molar-refractivity contribution in [2.45, 2.75) is 20.8 Å². The number of hydrogen-bond acceptors (Lipinski definition) is 4. The summed E-state index contributed by atoms with van der Waals surface area (Å²) in [5.74, 6) is -0.196. The summed E-state index contributed by atoms with van der Waals surface area (Å²) in [5, 5.41) is 3.59. The van der Waals surface area contributed by atoms with Gasteiger partial charge >= 0.3 is 0 Å². The zero-order chi connectivity index (χ0) is 22.8. The zero-order valence-electron chi connectivity index (χ0n) is 17.2. The predicted molar refractivity (Wildman–Crippen MR) is 127 cm³/mol. The van der Waals surface area contributed by atoms with Crippen LogP contribution in [0.15, 0.2) is 48.7 Å². The van der Waals surface area contributed by atoms with E-state index in [4.69, 9.17) is 23.2 Å². The largest absolute Gasteiger partial charge is 0.322 e. The molecule has 3 rings (SSSR count). The maximum Gasteiger partial charge on any atom is 0.256 e. The lowest BCUT2D eigenvalue weighted by Crippen LogP contribution is -2.16. The molecule has 0 saturated heterocycles. The number of sulfonamides is 1. The summed E-state index contributed by atoms with van der Waals surface area (Å²) in [6, 6.07) is 12.0. The standard InChI is InChI=1S/C22H21Cl2N3O3S/c1-4-31(29,30)27-19-11-15(9-10-25-19)20-13(2)5-6-14(3)21(20)22(28)26-16-7-8-17(23)18(24)12-16/h5-12H,4H2,1-3H3,(H,25,27)(H,26,28). The molecular formula is C22H21Cl2N3O3S. The topological polar surface area (TPSA) is 88.2 Å². The number of nitrogens with zero attached hydrogens (tertiary/aromatic N) is 1. The van der Waals surface area contributed by atoms with Crippen LogP contribution in [0.3, 0.4) is 0 Å². The quantitative estimate of drug-likeness (QED) is 0.477. The van der Waals surface area contributed by atoms with Crippen LogP contribution in [0.4, 0.5) is 11.5 Å². The summed E-state index contributed by atoms with van der Waals surface area (Å²) < 4.78 is 26.3. The van der Waals surface area contributed by atoms with Crippen molar-refractivity contribution >= 4 is 50.6 Å². The molecule has 0 fully saturated rings. The van der Waals surface area contributed by atoms with E-state index >= 15 is 0 Å². The Labute approximate surface area is 191 Å². The Morgan fingerprint density at radius 2 is 1.71 bits per heavy atom. The van der Waals surface area contributed by atoms with Crippen LogP contribution in [-0.2, 0) is 10.0 Å². The zero-order valence-corrected chi connectivity index (χ0v) is 19.5. The van der Waals surface area contributed by atoms with Gasteiger partial charge in [-0.1, -0.05) is 35.3 Å². The van der Waals surface area contributed by atoms with Crippen LogP contribution in [0.2, 0.25) is 10.0 Å². The first kappa shape index (κ1) is 23.1. The van der Waals surface area contributed by atoms with Gasteiger partial charge in [0, 0.05) is 11.9 Å². The average molecular weight is 478 g/mol. The molecule has 2 N–H and O–H groups in total. The van der Waals surface area contributed by atoms with E-state index in [9.17, 15) is 13.2 Å². The molecule has 0 saturated carbocycles. The molecule has 0 radical (unpaired) electrons. The van der Waals surface area contributed by atoms with Crippen LogP contribution in [-0.4, -0.2) is 25.1 Å². The SMILES string of the molecule is CCS(=O)(=O)Nc1cc(-c2c(C)ccc(C)c2C(=O)Nc2ccc(Cl)c(Cl)c2)ccn1. The third kappa shape index (κ3) is 5.36. The highest BCUT2D eigenvalue weighted by Gasteiger charge is 2.19. The predicted octanol–water partition coefficient (Wildman–Crippen LogP) is 5.69. The van der Waals surface area contributed by atoms with Gasteiger partial charge in [-0.2, -0.15) is 0 Å². The molecule has 6 nitrogen and oxygen atoms in total. The lowest BCUT2D eigenvalue weighted by atomic mass is 9.91. The maximum atomic E-state index is 13.2. The summed E-state index contributed by atoms with van der Waals surface area (Å²) in [4.78, 5) is 17.3. The molecule has 0 aliphatic carbocycles. The molecule has 1 amide bonds. The molecule has 9 heteroatoms. The second-order valence-corrected chi connectivity index (χ2v) is 9.79. The van der Waals surface area contributed by atoms with E-state index in [1.54, 1.807) is 37.3 Å². The Bertz CT molecular complexity index is 1260. The van der Waals surface area contributed by atoms with E-state index in [-0.39, 0.29) is 17.5 Å². The Balaban J connectivity index is 2.05. The number of hydrogen-bond donors (Lipinski definition) is 2. The van der Waals surface area contributed by atoms with Crippen molar-refractivity contribution in [2.24, 2.45) is 0 Å². The highest BCUT2D eigenvalue weighted by molar-refractivity contribution is 7.92. The first-order chi connectivity index (χ1) is 14.6. The van der Waals surface area contributed by atoms with Gasteiger partial charge in [-0.05, 0) is 73.4 Å². The second kappa shape index (κ2) is 9.26. The summed E-state index contributed by atoms with van der Waals surface area (Å²) in [7, 11) is -3.48. The molecule has 0 bridgehead atoms. The van der Waals surface area contributed by atoms with E-state index in [2.05, 4.69) is 15.0 Å². The van der Waals surface area contributed by atoms with E-state index in [0.29, 0.717) is 32.4 Å². The second-order valence-electron chi connectivity index (χ2n) is 6.97. The van der Waals surface area contributed by atoms with Crippen LogP contribution >= 0.6 is 23.2 Å². The smallest absolute Gasteiger partial charge is 0.256 e. The van der Waals surface area contributed by atoms with Crippen molar-refractivity contribution < 1.29 is 13.2 Å². The van der Waals surface area contributed by atoms with Crippen LogP contribution in [0.25, 0.3) is 11.1 Å².